The zero-order chi connectivity index (χ0) is 16.8. The van der Waals surface area contributed by atoms with Gasteiger partial charge in [0.15, 0.2) is 0 Å². The summed E-state index contributed by atoms with van der Waals surface area (Å²) in [5.74, 6) is -1.53. The first-order valence-corrected chi connectivity index (χ1v) is 7.97. The number of benzene rings is 1. The van der Waals surface area contributed by atoms with Gasteiger partial charge in [-0.2, -0.15) is 0 Å². The molecule has 3 amide bonds. The van der Waals surface area contributed by atoms with Gasteiger partial charge in [-0.1, -0.05) is 29.3 Å². The van der Waals surface area contributed by atoms with Crippen LogP contribution in [0.2, 0.25) is 10.0 Å². The lowest BCUT2D eigenvalue weighted by atomic mass is 10.2. The van der Waals surface area contributed by atoms with Crippen molar-refractivity contribution < 1.29 is 14.4 Å². The molecular formula is C14H11Cl2N3O3S. The second-order valence-corrected chi connectivity index (χ2v) is 6.08. The maximum Gasteiger partial charge on any atom is 0.279 e. The summed E-state index contributed by atoms with van der Waals surface area (Å²) in [6.45, 7) is -0.317. The molecule has 0 atom stereocenters. The van der Waals surface area contributed by atoms with Crippen LogP contribution in [0, 0.1) is 0 Å². The maximum atomic E-state index is 11.9. The minimum Gasteiger partial charge on any atom is -0.343 e. The molecule has 0 spiro atoms. The minimum absolute atomic E-state index is 0.182. The second-order valence-electron chi connectivity index (χ2n) is 4.29. The molecule has 1 heterocycles. The Morgan fingerprint density at radius 1 is 1.04 bits per heavy atom. The van der Waals surface area contributed by atoms with Gasteiger partial charge in [0.2, 0.25) is 0 Å². The Morgan fingerprint density at radius 3 is 2.48 bits per heavy atom. The molecule has 0 saturated carbocycles. The molecular weight excluding hydrogens is 361 g/mol. The van der Waals surface area contributed by atoms with Gasteiger partial charge in [-0.05, 0) is 29.6 Å². The van der Waals surface area contributed by atoms with Crippen LogP contribution >= 0.6 is 34.5 Å². The summed E-state index contributed by atoms with van der Waals surface area (Å²) in [6.07, 6.45) is 0. The van der Waals surface area contributed by atoms with Crippen LogP contribution in [0.15, 0.2) is 35.7 Å². The first-order valence-electron chi connectivity index (χ1n) is 6.33. The predicted molar refractivity (Wildman–Crippen MR) is 88.7 cm³/mol. The number of thiophene rings is 1. The monoisotopic (exact) mass is 371 g/mol. The number of hydrogen-bond donors (Lipinski definition) is 3. The molecule has 1 aromatic carbocycles. The van der Waals surface area contributed by atoms with E-state index in [1.54, 1.807) is 17.5 Å². The lowest BCUT2D eigenvalue weighted by Gasteiger charge is -2.08. The Labute approximate surface area is 145 Å². The van der Waals surface area contributed by atoms with Crippen LogP contribution in [-0.2, 0) is 4.79 Å². The third kappa shape index (κ3) is 4.95. The van der Waals surface area contributed by atoms with Crippen molar-refractivity contribution in [1.29, 1.82) is 0 Å². The van der Waals surface area contributed by atoms with Crippen molar-refractivity contribution in [3.05, 3.63) is 56.2 Å². The van der Waals surface area contributed by atoms with Crippen LogP contribution in [-0.4, -0.2) is 24.3 Å². The molecule has 9 heteroatoms. The van der Waals surface area contributed by atoms with Gasteiger partial charge in [0.25, 0.3) is 17.7 Å². The summed E-state index contributed by atoms with van der Waals surface area (Å²) in [4.78, 5) is 35.6. The van der Waals surface area contributed by atoms with Gasteiger partial charge < -0.3 is 5.32 Å². The van der Waals surface area contributed by atoms with E-state index in [-0.39, 0.29) is 17.1 Å². The molecule has 23 heavy (non-hydrogen) atoms. The zero-order valence-electron chi connectivity index (χ0n) is 11.6. The standard InChI is InChI=1S/C14H11Cl2N3O3S/c15-8-3-4-9(10(16)6-8)13(21)17-7-12(20)18-19-14(22)11-2-1-5-23-11/h1-6H,7H2,(H,17,21)(H,18,20)(H,19,22). The number of hydrogen-bond acceptors (Lipinski definition) is 4. The van der Waals surface area contributed by atoms with E-state index in [2.05, 4.69) is 16.2 Å². The molecule has 0 saturated heterocycles. The fraction of sp³-hybridized carbons (Fsp3) is 0.0714. The molecule has 0 aliphatic heterocycles. The quantitative estimate of drug-likeness (QED) is 0.720. The van der Waals surface area contributed by atoms with Crippen LogP contribution in [0.5, 0.6) is 0 Å². The van der Waals surface area contributed by atoms with E-state index in [1.165, 1.54) is 29.5 Å². The predicted octanol–water partition coefficient (Wildman–Crippen LogP) is 2.25. The number of carbonyl (C=O) groups excluding carboxylic acids is 3. The van der Waals surface area contributed by atoms with Crippen molar-refractivity contribution in [3.63, 3.8) is 0 Å². The third-order valence-corrected chi connectivity index (χ3v) is 4.06. The Hall–Kier alpha value is -2.09. The smallest absolute Gasteiger partial charge is 0.279 e. The number of halogens is 2. The van der Waals surface area contributed by atoms with Crippen molar-refractivity contribution >= 4 is 52.3 Å². The van der Waals surface area contributed by atoms with Gasteiger partial charge in [-0.3, -0.25) is 25.2 Å². The fourth-order valence-electron chi connectivity index (χ4n) is 1.57. The van der Waals surface area contributed by atoms with Crippen LogP contribution < -0.4 is 16.2 Å². The van der Waals surface area contributed by atoms with Crippen molar-refractivity contribution in [1.82, 2.24) is 16.2 Å². The molecule has 2 rings (SSSR count). The van der Waals surface area contributed by atoms with Crippen LogP contribution in [0.3, 0.4) is 0 Å². The van der Waals surface area contributed by atoms with E-state index in [9.17, 15) is 14.4 Å². The van der Waals surface area contributed by atoms with Gasteiger partial charge in [0, 0.05) is 5.02 Å². The molecule has 0 aliphatic carbocycles. The molecule has 0 unspecified atom stereocenters. The van der Waals surface area contributed by atoms with Crippen LogP contribution in [0.1, 0.15) is 20.0 Å². The third-order valence-electron chi connectivity index (χ3n) is 2.65. The Kier molecular flexibility index (Phi) is 5.97. The van der Waals surface area contributed by atoms with E-state index in [4.69, 9.17) is 23.2 Å². The second kappa shape index (κ2) is 7.96. The molecule has 6 nitrogen and oxygen atoms in total. The number of hydrazine groups is 1. The molecule has 3 N–H and O–H groups in total. The Bertz CT molecular complexity index is 735. The lowest BCUT2D eigenvalue weighted by molar-refractivity contribution is -0.120. The first kappa shape index (κ1) is 17.3. The number of rotatable bonds is 4. The van der Waals surface area contributed by atoms with Crippen molar-refractivity contribution in [2.24, 2.45) is 0 Å². The molecule has 120 valence electrons. The first-order chi connectivity index (χ1) is 11.0. The van der Waals surface area contributed by atoms with Gasteiger partial charge in [0.05, 0.1) is 22.0 Å². The van der Waals surface area contributed by atoms with Gasteiger partial charge in [-0.25, -0.2) is 0 Å². The fourth-order valence-corrected chi connectivity index (χ4v) is 2.68. The highest BCUT2D eigenvalue weighted by atomic mass is 35.5. The average molecular weight is 372 g/mol. The maximum absolute atomic E-state index is 11.9. The van der Waals surface area contributed by atoms with E-state index < -0.39 is 17.7 Å². The summed E-state index contributed by atoms with van der Waals surface area (Å²) >= 11 is 12.9. The molecule has 2 aromatic rings. The summed E-state index contributed by atoms with van der Waals surface area (Å²) in [5, 5.41) is 4.72. The highest BCUT2D eigenvalue weighted by molar-refractivity contribution is 7.12. The summed E-state index contributed by atoms with van der Waals surface area (Å²) in [5.41, 5.74) is 4.65. The average Bonchev–Trinajstić information content (AvgIpc) is 3.04. The number of carbonyl (C=O) groups is 3. The Morgan fingerprint density at radius 2 is 1.83 bits per heavy atom. The zero-order valence-corrected chi connectivity index (χ0v) is 13.9. The topological polar surface area (TPSA) is 87.3 Å². The minimum atomic E-state index is -0.576. The van der Waals surface area contributed by atoms with E-state index in [0.29, 0.717) is 9.90 Å². The molecule has 0 radical (unpaired) electrons. The summed E-state index contributed by atoms with van der Waals surface area (Å²) < 4.78 is 0. The van der Waals surface area contributed by atoms with Gasteiger partial charge >= 0.3 is 0 Å². The Balaban J connectivity index is 1.80. The highest BCUT2D eigenvalue weighted by Crippen LogP contribution is 2.20. The largest absolute Gasteiger partial charge is 0.343 e. The number of amides is 3. The SMILES string of the molecule is O=C(CNC(=O)c1ccc(Cl)cc1Cl)NNC(=O)c1cccs1. The van der Waals surface area contributed by atoms with Crippen LogP contribution in [0.4, 0.5) is 0 Å². The van der Waals surface area contributed by atoms with Crippen molar-refractivity contribution in [2.45, 2.75) is 0 Å². The van der Waals surface area contributed by atoms with Gasteiger partial charge in [0.1, 0.15) is 0 Å². The molecule has 0 aliphatic rings. The summed E-state index contributed by atoms with van der Waals surface area (Å²) in [7, 11) is 0. The van der Waals surface area contributed by atoms with Crippen LogP contribution in [0.25, 0.3) is 0 Å². The normalized spacial score (nSPS) is 10.0. The van der Waals surface area contributed by atoms with Crippen molar-refractivity contribution in [2.75, 3.05) is 6.54 Å². The van der Waals surface area contributed by atoms with E-state index in [0.717, 1.165) is 0 Å². The molecule has 1 aromatic heterocycles. The molecule has 0 bridgehead atoms. The van der Waals surface area contributed by atoms with E-state index in [1.807, 2.05) is 0 Å². The number of nitrogens with one attached hydrogen (secondary N) is 3. The lowest BCUT2D eigenvalue weighted by Crippen LogP contribution is -2.46. The highest BCUT2D eigenvalue weighted by Gasteiger charge is 2.13. The van der Waals surface area contributed by atoms with Crippen molar-refractivity contribution in [3.8, 4) is 0 Å². The molecule has 0 fully saturated rings. The summed E-state index contributed by atoms with van der Waals surface area (Å²) in [6, 6.07) is 7.74. The van der Waals surface area contributed by atoms with Gasteiger partial charge in [-0.15, -0.1) is 11.3 Å². The van der Waals surface area contributed by atoms with E-state index >= 15 is 0 Å².